The molecule has 5 aliphatic rings. The lowest BCUT2D eigenvalue weighted by Crippen LogP contribution is -2.41. The minimum absolute atomic E-state index is 0.0372. The highest BCUT2D eigenvalue weighted by Crippen LogP contribution is 2.54. The summed E-state index contributed by atoms with van der Waals surface area (Å²) in [7, 11) is -0.323. The summed E-state index contributed by atoms with van der Waals surface area (Å²) in [6, 6.07) is 137. The van der Waals surface area contributed by atoms with Crippen molar-refractivity contribution in [2.45, 2.75) is 90.3 Å². The van der Waals surface area contributed by atoms with Gasteiger partial charge in [-0.15, -0.1) is 0 Å². The summed E-state index contributed by atoms with van der Waals surface area (Å²) in [5.74, 6) is 0. The zero-order valence-corrected chi connectivity index (χ0v) is 68.5. The summed E-state index contributed by atoms with van der Waals surface area (Å²) < 4.78 is 13.6. The molecule has 16 aromatic rings. The highest BCUT2D eigenvalue weighted by atomic mass is 79.9. The molecule has 6 heteroatoms. The fourth-order valence-electron chi connectivity index (χ4n) is 18.1. The van der Waals surface area contributed by atoms with Gasteiger partial charge in [0.05, 0.1) is 11.2 Å². The summed E-state index contributed by atoms with van der Waals surface area (Å²) in [4.78, 5) is 4.75. The lowest BCUT2D eigenvalue weighted by atomic mass is 9.77. The third kappa shape index (κ3) is 13.6. The van der Waals surface area contributed by atoms with E-state index >= 15 is 0 Å². The Morgan fingerprint density at radius 1 is 0.233 bits per heavy atom. The summed E-state index contributed by atoms with van der Waals surface area (Å²) >= 11 is 3.60. The van der Waals surface area contributed by atoms with E-state index in [1.165, 1.54) is 150 Å². The molecule has 0 radical (unpaired) electrons. The second kappa shape index (κ2) is 29.8. The first-order valence-corrected chi connectivity index (χ1v) is 41.4. The van der Waals surface area contributed by atoms with Crippen molar-refractivity contribution in [2.75, 3.05) is 9.80 Å². The molecule has 0 saturated carbocycles. The maximum atomic E-state index is 6.27. The average molecular weight is 1560 g/mol. The summed E-state index contributed by atoms with van der Waals surface area (Å²) in [6.07, 6.45) is 1.98. The van der Waals surface area contributed by atoms with Crippen molar-refractivity contribution in [3.63, 3.8) is 0 Å². The Balaban J connectivity index is 0.000000123. The van der Waals surface area contributed by atoms with Gasteiger partial charge < -0.3 is 19.1 Å². The molecular weight excluding hydrogens is 1470 g/mol. The van der Waals surface area contributed by atoms with Crippen LogP contribution in [-0.4, -0.2) is 18.3 Å². The lowest BCUT2D eigenvalue weighted by molar-refractivity contribution is 0.00578. The SMILES string of the molecule is CC1(C)OB(c2ccc3c(c2)-c2cc(-c4ccccc4)ccc2C3)OC1(C)C.CC1(C)c2ccccc2-c2ccc(N(c3ccc(-c4ccccc4)cc3)c3ccc(-c4ccc5c(c4)-c4cc(-c6ccccc6)ccc4C5)cc3)cc21.CC1(C)c2ccccc2-c2ccc(N(c3ccc(Br)cc3)c3ccc(-c4ccccc4)cc3)cc21. The third-order valence-corrected chi connectivity index (χ3v) is 25.7. The maximum Gasteiger partial charge on any atom is 0.494 e. The van der Waals surface area contributed by atoms with Gasteiger partial charge in [-0.1, -0.05) is 317 Å². The molecule has 0 spiro atoms. The van der Waals surface area contributed by atoms with Gasteiger partial charge >= 0.3 is 7.12 Å². The van der Waals surface area contributed by atoms with Crippen LogP contribution in [0.2, 0.25) is 0 Å². The molecule has 21 rings (SSSR count). The topological polar surface area (TPSA) is 24.9 Å². The molecule has 0 amide bonds. The molecule has 1 aliphatic heterocycles. The molecule has 0 atom stereocenters. The van der Waals surface area contributed by atoms with Gasteiger partial charge in [-0.25, -0.2) is 0 Å². The van der Waals surface area contributed by atoms with Crippen molar-refractivity contribution in [2.24, 2.45) is 0 Å². The number of hydrogen-bond acceptors (Lipinski definition) is 4. The van der Waals surface area contributed by atoms with Crippen molar-refractivity contribution in [3.8, 4) is 100 Å². The molecule has 0 aromatic heterocycles. The zero-order valence-electron chi connectivity index (χ0n) is 66.9. The lowest BCUT2D eigenvalue weighted by Gasteiger charge is -2.32. The van der Waals surface area contributed by atoms with Crippen molar-refractivity contribution in [1.29, 1.82) is 0 Å². The van der Waals surface area contributed by atoms with Crippen LogP contribution < -0.4 is 15.3 Å². The Morgan fingerprint density at radius 3 is 0.862 bits per heavy atom. The Hall–Kier alpha value is -12.4. The number of nitrogens with zero attached hydrogens (tertiary/aromatic N) is 2. The molecule has 562 valence electrons. The predicted octanol–water partition coefficient (Wildman–Crippen LogP) is 29.2. The number of fused-ring (bicyclic) bond motifs is 12. The van der Waals surface area contributed by atoms with E-state index < -0.39 is 0 Å². The molecule has 1 saturated heterocycles. The smallest absolute Gasteiger partial charge is 0.399 e. The van der Waals surface area contributed by atoms with Crippen molar-refractivity contribution < 1.29 is 9.31 Å². The Bertz CT molecular complexity index is 6360. The average Bonchev–Trinajstić information content (AvgIpc) is 1.58. The molecule has 0 N–H and O–H groups in total. The van der Waals surface area contributed by atoms with Gasteiger partial charge in [-0.05, 0) is 294 Å². The first kappa shape index (κ1) is 73.7. The summed E-state index contributed by atoms with van der Waals surface area (Å²) in [5, 5.41) is 0. The summed E-state index contributed by atoms with van der Waals surface area (Å²) in [5.41, 5.74) is 41.4. The van der Waals surface area contributed by atoms with Gasteiger partial charge in [0.1, 0.15) is 0 Å². The van der Waals surface area contributed by atoms with Crippen LogP contribution in [0.4, 0.5) is 34.1 Å². The Labute approximate surface area is 692 Å². The van der Waals surface area contributed by atoms with E-state index in [4.69, 9.17) is 9.31 Å². The van der Waals surface area contributed by atoms with Gasteiger partial charge in [0, 0.05) is 49.4 Å². The van der Waals surface area contributed by atoms with E-state index in [1.807, 2.05) is 0 Å². The van der Waals surface area contributed by atoms with Crippen LogP contribution in [0, 0.1) is 0 Å². The molecule has 1 fully saturated rings. The highest BCUT2D eigenvalue weighted by molar-refractivity contribution is 9.10. The predicted molar refractivity (Wildman–Crippen MR) is 491 cm³/mol. The third-order valence-electron chi connectivity index (χ3n) is 25.2. The highest BCUT2D eigenvalue weighted by Gasteiger charge is 2.52. The fraction of sp³-hybridized carbons (Fsp3) is 0.127. The normalized spacial score (nSPS) is 14.5. The van der Waals surface area contributed by atoms with Gasteiger partial charge in [-0.3, -0.25) is 0 Å². The first-order chi connectivity index (χ1) is 56.4. The number of hydrogen-bond donors (Lipinski definition) is 0. The molecule has 0 bridgehead atoms. The van der Waals surface area contributed by atoms with Crippen LogP contribution in [0.1, 0.15) is 99.9 Å². The first-order valence-electron chi connectivity index (χ1n) is 40.6. The molecular formula is C110H90BBrN2O2. The van der Waals surface area contributed by atoms with E-state index in [1.54, 1.807) is 0 Å². The van der Waals surface area contributed by atoms with Gasteiger partial charge in [0.2, 0.25) is 0 Å². The van der Waals surface area contributed by atoms with Crippen molar-refractivity contribution in [3.05, 3.63) is 425 Å². The van der Waals surface area contributed by atoms with Gasteiger partial charge in [-0.2, -0.15) is 0 Å². The standard InChI is InChI=1S/C52H39N.C33H26BrN.C25H25BO2/c1-52(2)50-16-10-9-15-46(50)47-30-29-45(34-51(47)52)53(43-25-21-37(22-26-43)35-11-5-3-6-12-35)44-27-23-38(24-28-44)40-18-20-42-31-41-19-17-39(32-48(41)49(42)33-40)36-13-7-4-8-14-36;1-33(2)31-11-7-6-10-29(31)30-21-20-28(22-32(30)33)35(27-18-14-25(34)15-19-27)26-16-12-24(13-17-26)23-8-4-3-5-9-23;1-24(2)25(3,4)28-26(27-24)21-13-12-20-14-19-11-10-18(15-22(19)23(20)16-21)17-8-6-5-7-9-17/h3-30,32-34H,31H2,1-2H3;3-22H,1-2H3;5-13,15-16H,14H2,1-4H3. The minimum atomic E-state index is -0.324. The van der Waals surface area contributed by atoms with Gasteiger partial charge in [0.25, 0.3) is 0 Å². The van der Waals surface area contributed by atoms with E-state index in [2.05, 4.69) is 457 Å². The quantitative estimate of drug-likeness (QED) is 0.114. The Kier molecular flexibility index (Phi) is 18.9. The summed E-state index contributed by atoms with van der Waals surface area (Å²) in [6.45, 7) is 17.8. The van der Waals surface area contributed by atoms with Crippen LogP contribution in [0.15, 0.2) is 381 Å². The van der Waals surface area contributed by atoms with E-state index in [-0.39, 0.29) is 29.2 Å². The second-order valence-corrected chi connectivity index (χ2v) is 34.4. The van der Waals surface area contributed by atoms with E-state index in [9.17, 15) is 0 Å². The number of rotatable bonds is 12. The van der Waals surface area contributed by atoms with E-state index in [0.29, 0.717) is 0 Å². The van der Waals surface area contributed by atoms with Crippen LogP contribution in [0.5, 0.6) is 0 Å². The van der Waals surface area contributed by atoms with Crippen molar-refractivity contribution >= 4 is 62.6 Å². The maximum absolute atomic E-state index is 6.27. The largest absolute Gasteiger partial charge is 0.494 e. The van der Waals surface area contributed by atoms with E-state index in [0.717, 1.165) is 51.2 Å². The van der Waals surface area contributed by atoms with Crippen LogP contribution in [0.3, 0.4) is 0 Å². The second-order valence-electron chi connectivity index (χ2n) is 33.5. The number of benzene rings is 16. The molecule has 4 nitrogen and oxygen atoms in total. The zero-order chi connectivity index (χ0) is 79.0. The molecule has 1 heterocycles. The fourth-order valence-corrected chi connectivity index (χ4v) is 18.4. The molecule has 116 heavy (non-hydrogen) atoms. The molecule has 16 aromatic carbocycles. The van der Waals surface area contributed by atoms with Crippen molar-refractivity contribution in [1.82, 2.24) is 0 Å². The number of anilines is 6. The van der Waals surface area contributed by atoms with Crippen LogP contribution in [-0.2, 0) is 33.0 Å². The number of halogens is 1. The van der Waals surface area contributed by atoms with Crippen LogP contribution in [0.25, 0.3) is 100 Å². The van der Waals surface area contributed by atoms with Crippen LogP contribution >= 0.6 is 15.9 Å². The van der Waals surface area contributed by atoms with Gasteiger partial charge in [0.15, 0.2) is 0 Å². The molecule has 0 unspecified atom stereocenters. The molecule has 4 aliphatic carbocycles. The Morgan fingerprint density at radius 2 is 0.500 bits per heavy atom. The minimum Gasteiger partial charge on any atom is -0.399 e. The monoisotopic (exact) mass is 1560 g/mol.